The first kappa shape index (κ1) is 10.2. The van der Waals surface area contributed by atoms with Crippen molar-refractivity contribution in [1.29, 1.82) is 0 Å². The predicted octanol–water partition coefficient (Wildman–Crippen LogP) is 2.80. The molecule has 0 aliphatic rings. The Morgan fingerprint density at radius 3 is 2.62 bits per heavy atom. The van der Waals surface area contributed by atoms with Gasteiger partial charge in [0.05, 0.1) is 0 Å². The summed E-state index contributed by atoms with van der Waals surface area (Å²) in [4.78, 5) is 0. The molecule has 0 saturated heterocycles. The van der Waals surface area contributed by atoms with Crippen molar-refractivity contribution in [2.24, 2.45) is 5.73 Å². The standard InChI is InChI=1S/C11H16FN/c1-3-8-7-9(12)5-6-10(8)11(13)4-2/h5-7,11H,3-4,13H2,1-2H3/t11-/m1/s1. The van der Waals surface area contributed by atoms with Crippen LogP contribution in [-0.4, -0.2) is 0 Å². The number of rotatable bonds is 3. The molecular formula is C11H16FN. The smallest absolute Gasteiger partial charge is 0.123 e. The number of benzene rings is 1. The van der Waals surface area contributed by atoms with E-state index in [0.29, 0.717) is 0 Å². The first-order valence-electron chi connectivity index (χ1n) is 4.73. The first-order chi connectivity index (χ1) is 6.19. The Kier molecular flexibility index (Phi) is 3.43. The zero-order valence-corrected chi connectivity index (χ0v) is 8.18. The van der Waals surface area contributed by atoms with E-state index in [1.54, 1.807) is 12.1 Å². The summed E-state index contributed by atoms with van der Waals surface area (Å²) in [6, 6.07) is 4.88. The van der Waals surface area contributed by atoms with Gasteiger partial charge in [0.2, 0.25) is 0 Å². The van der Waals surface area contributed by atoms with Gasteiger partial charge in [0.25, 0.3) is 0 Å². The zero-order valence-electron chi connectivity index (χ0n) is 8.18. The van der Waals surface area contributed by atoms with E-state index in [2.05, 4.69) is 0 Å². The average Bonchev–Trinajstić information content (AvgIpc) is 2.16. The van der Waals surface area contributed by atoms with Crippen molar-refractivity contribution in [3.8, 4) is 0 Å². The van der Waals surface area contributed by atoms with Crippen LogP contribution in [0.1, 0.15) is 37.4 Å². The highest BCUT2D eigenvalue weighted by atomic mass is 19.1. The van der Waals surface area contributed by atoms with Crippen LogP contribution in [0.15, 0.2) is 18.2 Å². The van der Waals surface area contributed by atoms with Gasteiger partial charge in [-0.05, 0) is 36.1 Å². The summed E-state index contributed by atoms with van der Waals surface area (Å²) in [7, 11) is 0. The molecule has 0 saturated carbocycles. The van der Waals surface area contributed by atoms with E-state index in [1.807, 2.05) is 13.8 Å². The number of hydrogen-bond donors (Lipinski definition) is 1. The van der Waals surface area contributed by atoms with Gasteiger partial charge in [-0.25, -0.2) is 4.39 Å². The highest BCUT2D eigenvalue weighted by Crippen LogP contribution is 2.20. The van der Waals surface area contributed by atoms with Gasteiger partial charge in [0, 0.05) is 6.04 Å². The third kappa shape index (κ3) is 2.28. The van der Waals surface area contributed by atoms with E-state index in [0.717, 1.165) is 24.0 Å². The topological polar surface area (TPSA) is 26.0 Å². The van der Waals surface area contributed by atoms with E-state index < -0.39 is 0 Å². The summed E-state index contributed by atoms with van der Waals surface area (Å²) < 4.78 is 12.9. The summed E-state index contributed by atoms with van der Waals surface area (Å²) in [6.45, 7) is 4.05. The quantitative estimate of drug-likeness (QED) is 0.762. The van der Waals surface area contributed by atoms with Crippen LogP contribution in [-0.2, 0) is 6.42 Å². The Balaban J connectivity index is 3.05. The van der Waals surface area contributed by atoms with Gasteiger partial charge in [-0.3, -0.25) is 0 Å². The van der Waals surface area contributed by atoms with Crippen LogP contribution in [0, 0.1) is 5.82 Å². The molecular weight excluding hydrogens is 165 g/mol. The lowest BCUT2D eigenvalue weighted by atomic mass is 9.97. The minimum atomic E-state index is -0.177. The molecule has 0 spiro atoms. The summed E-state index contributed by atoms with van der Waals surface area (Å²) in [6.07, 6.45) is 1.72. The van der Waals surface area contributed by atoms with Gasteiger partial charge in [-0.2, -0.15) is 0 Å². The second kappa shape index (κ2) is 4.38. The van der Waals surface area contributed by atoms with Crippen LogP contribution in [0.25, 0.3) is 0 Å². The largest absolute Gasteiger partial charge is 0.324 e. The molecule has 2 N–H and O–H groups in total. The van der Waals surface area contributed by atoms with Gasteiger partial charge >= 0.3 is 0 Å². The van der Waals surface area contributed by atoms with Crippen LogP contribution in [0.2, 0.25) is 0 Å². The van der Waals surface area contributed by atoms with Gasteiger partial charge < -0.3 is 5.73 Å². The first-order valence-corrected chi connectivity index (χ1v) is 4.73. The molecule has 0 bridgehead atoms. The minimum Gasteiger partial charge on any atom is -0.324 e. The van der Waals surface area contributed by atoms with Crippen molar-refractivity contribution in [2.75, 3.05) is 0 Å². The SMILES string of the molecule is CCc1cc(F)ccc1[C@H](N)CC. The predicted molar refractivity (Wildman–Crippen MR) is 53.0 cm³/mol. The normalized spacial score (nSPS) is 12.9. The van der Waals surface area contributed by atoms with Crippen molar-refractivity contribution in [3.05, 3.63) is 35.1 Å². The average molecular weight is 181 g/mol. The zero-order chi connectivity index (χ0) is 9.84. The van der Waals surface area contributed by atoms with Crippen LogP contribution in [0.4, 0.5) is 4.39 Å². The molecule has 0 unspecified atom stereocenters. The van der Waals surface area contributed by atoms with Gasteiger partial charge in [0.15, 0.2) is 0 Å². The lowest BCUT2D eigenvalue weighted by Gasteiger charge is -2.13. The Labute approximate surface area is 78.8 Å². The van der Waals surface area contributed by atoms with Crippen LogP contribution >= 0.6 is 0 Å². The van der Waals surface area contributed by atoms with Crippen molar-refractivity contribution in [1.82, 2.24) is 0 Å². The Morgan fingerprint density at radius 2 is 2.08 bits per heavy atom. The van der Waals surface area contributed by atoms with Crippen molar-refractivity contribution in [3.63, 3.8) is 0 Å². The minimum absolute atomic E-state index is 0.0375. The Morgan fingerprint density at radius 1 is 1.38 bits per heavy atom. The summed E-state index contributed by atoms with van der Waals surface area (Å²) in [5.74, 6) is -0.177. The monoisotopic (exact) mass is 181 g/mol. The third-order valence-corrected chi connectivity index (χ3v) is 2.33. The summed E-state index contributed by atoms with van der Waals surface area (Å²) in [5, 5.41) is 0. The molecule has 2 heteroatoms. The molecule has 1 aromatic carbocycles. The number of hydrogen-bond acceptors (Lipinski definition) is 1. The van der Waals surface area contributed by atoms with E-state index in [1.165, 1.54) is 6.07 Å². The second-order valence-electron chi connectivity index (χ2n) is 3.21. The lowest BCUT2D eigenvalue weighted by molar-refractivity contribution is 0.619. The lowest BCUT2D eigenvalue weighted by Crippen LogP contribution is -2.11. The molecule has 0 heterocycles. The van der Waals surface area contributed by atoms with E-state index in [9.17, 15) is 4.39 Å². The van der Waals surface area contributed by atoms with Gasteiger partial charge in [-0.1, -0.05) is 19.9 Å². The van der Waals surface area contributed by atoms with Crippen molar-refractivity contribution < 1.29 is 4.39 Å². The maximum Gasteiger partial charge on any atom is 0.123 e. The second-order valence-corrected chi connectivity index (χ2v) is 3.21. The fourth-order valence-electron chi connectivity index (χ4n) is 1.46. The molecule has 72 valence electrons. The van der Waals surface area contributed by atoms with Crippen LogP contribution < -0.4 is 5.73 Å². The molecule has 0 fully saturated rings. The molecule has 1 nitrogen and oxygen atoms in total. The number of aryl methyl sites for hydroxylation is 1. The molecule has 0 radical (unpaired) electrons. The van der Waals surface area contributed by atoms with Gasteiger partial charge in [-0.15, -0.1) is 0 Å². The fourth-order valence-corrected chi connectivity index (χ4v) is 1.46. The highest BCUT2D eigenvalue weighted by molar-refractivity contribution is 5.30. The Bertz CT molecular complexity index is 283. The van der Waals surface area contributed by atoms with E-state index in [-0.39, 0.29) is 11.9 Å². The van der Waals surface area contributed by atoms with Crippen molar-refractivity contribution >= 4 is 0 Å². The van der Waals surface area contributed by atoms with E-state index >= 15 is 0 Å². The maximum atomic E-state index is 12.9. The molecule has 1 rings (SSSR count). The van der Waals surface area contributed by atoms with E-state index in [4.69, 9.17) is 5.73 Å². The molecule has 13 heavy (non-hydrogen) atoms. The highest BCUT2D eigenvalue weighted by Gasteiger charge is 2.08. The molecule has 1 aromatic rings. The number of nitrogens with two attached hydrogens (primary N) is 1. The summed E-state index contributed by atoms with van der Waals surface area (Å²) >= 11 is 0. The Hall–Kier alpha value is -0.890. The molecule has 1 atom stereocenters. The number of halogens is 1. The molecule has 0 aromatic heterocycles. The third-order valence-electron chi connectivity index (χ3n) is 2.33. The van der Waals surface area contributed by atoms with Gasteiger partial charge in [0.1, 0.15) is 5.82 Å². The maximum absolute atomic E-state index is 12.9. The summed E-state index contributed by atoms with van der Waals surface area (Å²) in [5.41, 5.74) is 8.00. The molecule has 0 aliphatic heterocycles. The fraction of sp³-hybridized carbons (Fsp3) is 0.455. The van der Waals surface area contributed by atoms with Crippen LogP contribution in [0.5, 0.6) is 0 Å². The molecule has 0 aliphatic carbocycles. The molecule has 0 amide bonds. The van der Waals surface area contributed by atoms with Crippen molar-refractivity contribution in [2.45, 2.75) is 32.7 Å². The van der Waals surface area contributed by atoms with Crippen LogP contribution in [0.3, 0.4) is 0 Å².